The van der Waals surface area contributed by atoms with Crippen LogP contribution in [0.25, 0.3) is 0 Å². The molecule has 1 saturated heterocycles. The van der Waals surface area contributed by atoms with Crippen molar-refractivity contribution in [2.24, 2.45) is 0 Å². The van der Waals surface area contributed by atoms with Crippen molar-refractivity contribution in [3.63, 3.8) is 0 Å². The molecule has 92 valence electrons. The number of rotatable bonds is 3. The van der Waals surface area contributed by atoms with Gasteiger partial charge in [-0.2, -0.15) is 0 Å². The maximum Gasteiger partial charge on any atom is 0.331 e. The fraction of sp³-hybridized carbons (Fsp3) is 0.545. The van der Waals surface area contributed by atoms with Crippen LogP contribution in [-0.4, -0.2) is 39.8 Å². The first kappa shape index (κ1) is 11.8. The first-order valence-electron chi connectivity index (χ1n) is 5.43. The lowest BCUT2D eigenvalue weighted by Crippen LogP contribution is -2.47. The number of carboxylic acids is 1. The number of anilines is 1. The van der Waals surface area contributed by atoms with E-state index in [4.69, 9.17) is 4.74 Å². The number of aromatic nitrogens is 2. The molecule has 0 saturated carbocycles. The maximum atomic E-state index is 11.3. The molecule has 0 aromatic carbocycles. The van der Waals surface area contributed by atoms with Gasteiger partial charge in [0.15, 0.2) is 5.54 Å². The van der Waals surface area contributed by atoms with Gasteiger partial charge in [-0.15, -0.1) is 0 Å². The monoisotopic (exact) mass is 237 g/mol. The van der Waals surface area contributed by atoms with Gasteiger partial charge < -0.3 is 15.2 Å². The molecule has 2 rings (SSSR count). The highest BCUT2D eigenvalue weighted by molar-refractivity contribution is 5.83. The van der Waals surface area contributed by atoms with E-state index in [0.717, 1.165) is 5.69 Å². The minimum Gasteiger partial charge on any atom is -0.479 e. The molecule has 1 unspecified atom stereocenters. The van der Waals surface area contributed by atoms with Crippen molar-refractivity contribution in [3.05, 3.63) is 17.6 Å². The molecule has 1 fully saturated rings. The summed E-state index contributed by atoms with van der Waals surface area (Å²) < 4.78 is 5.17. The van der Waals surface area contributed by atoms with Crippen LogP contribution in [-0.2, 0) is 9.53 Å². The summed E-state index contributed by atoms with van der Waals surface area (Å²) in [6, 6.07) is 1.73. The van der Waals surface area contributed by atoms with Crippen molar-refractivity contribution in [2.75, 3.05) is 18.5 Å². The zero-order valence-corrected chi connectivity index (χ0v) is 9.86. The first-order chi connectivity index (χ1) is 8.02. The Bertz CT molecular complexity index is 421. The van der Waals surface area contributed by atoms with Crippen LogP contribution in [0.3, 0.4) is 0 Å². The second-order valence-electron chi connectivity index (χ2n) is 4.26. The molecular weight excluding hydrogens is 222 g/mol. The van der Waals surface area contributed by atoms with Crippen molar-refractivity contribution < 1.29 is 14.6 Å². The summed E-state index contributed by atoms with van der Waals surface area (Å²) in [4.78, 5) is 19.6. The number of nitrogens with zero attached hydrogens (tertiary/aromatic N) is 2. The Hall–Kier alpha value is -1.69. The Kier molecular flexibility index (Phi) is 2.97. The van der Waals surface area contributed by atoms with E-state index in [-0.39, 0.29) is 6.61 Å². The molecule has 1 aliphatic heterocycles. The Morgan fingerprint density at radius 1 is 1.53 bits per heavy atom. The second kappa shape index (κ2) is 4.29. The normalized spacial score (nSPS) is 23.6. The molecule has 0 radical (unpaired) electrons. The third kappa shape index (κ3) is 2.36. The molecule has 1 aliphatic rings. The summed E-state index contributed by atoms with van der Waals surface area (Å²) >= 11 is 0. The first-order valence-corrected chi connectivity index (χ1v) is 5.43. The maximum absolute atomic E-state index is 11.3. The van der Waals surface area contributed by atoms with E-state index < -0.39 is 11.5 Å². The summed E-state index contributed by atoms with van der Waals surface area (Å²) in [5.74, 6) is 0.235. The predicted molar refractivity (Wildman–Crippen MR) is 60.9 cm³/mol. The molecule has 0 aliphatic carbocycles. The SMILES string of the molecule is Cc1cc(NC2(C(=O)O)CCOC2)nc(C)n1. The summed E-state index contributed by atoms with van der Waals surface area (Å²) in [6.45, 7) is 4.22. The molecule has 0 bridgehead atoms. The zero-order chi connectivity index (χ0) is 12.5. The fourth-order valence-corrected chi connectivity index (χ4v) is 1.91. The number of aliphatic carboxylic acids is 1. The Morgan fingerprint density at radius 2 is 2.29 bits per heavy atom. The number of ether oxygens (including phenoxy) is 1. The van der Waals surface area contributed by atoms with Gasteiger partial charge in [-0.25, -0.2) is 14.8 Å². The lowest BCUT2D eigenvalue weighted by Gasteiger charge is -2.24. The van der Waals surface area contributed by atoms with E-state index in [9.17, 15) is 9.90 Å². The highest BCUT2D eigenvalue weighted by Gasteiger charge is 2.42. The third-order valence-electron chi connectivity index (χ3n) is 2.76. The number of hydrogen-bond donors (Lipinski definition) is 2. The van der Waals surface area contributed by atoms with Crippen LogP contribution >= 0.6 is 0 Å². The zero-order valence-electron chi connectivity index (χ0n) is 9.86. The van der Waals surface area contributed by atoms with Gasteiger partial charge in [-0.1, -0.05) is 0 Å². The lowest BCUT2D eigenvalue weighted by molar-refractivity contribution is -0.142. The van der Waals surface area contributed by atoms with Gasteiger partial charge in [0.25, 0.3) is 0 Å². The van der Waals surface area contributed by atoms with E-state index in [2.05, 4.69) is 15.3 Å². The molecule has 0 spiro atoms. The minimum absolute atomic E-state index is 0.157. The Balaban J connectivity index is 2.26. The summed E-state index contributed by atoms with van der Waals surface area (Å²) in [7, 11) is 0. The predicted octanol–water partition coefficient (Wildman–Crippen LogP) is 0.749. The smallest absolute Gasteiger partial charge is 0.331 e. The highest BCUT2D eigenvalue weighted by atomic mass is 16.5. The molecule has 1 aromatic heterocycles. The molecule has 6 nitrogen and oxygen atoms in total. The van der Waals surface area contributed by atoms with Crippen LogP contribution in [0.15, 0.2) is 6.07 Å². The average Bonchev–Trinajstić information content (AvgIpc) is 2.65. The Labute approximate surface area is 99.0 Å². The fourth-order valence-electron chi connectivity index (χ4n) is 1.91. The van der Waals surface area contributed by atoms with Gasteiger partial charge in [0.1, 0.15) is 11.6 Å². The topological polar surface area (TPSA) is 84.3 Å². The van der Waals surface area contributed by atoms with Crippen LogP contribution in [0.5, 0.6) is 0 Å². The number of carbonyl (C=O) groups is 1. The van der Waals surface area contributed by atoms with Gasteiger partial charge in [0.05, 0.1) is 6.61 Å². The van der Waals surface area contributed by atoms with Crippen LogP contribution in [0.4, 0.5) is 5.82 Å². The molecule has 0 amide bonds. The molecule has 6 heteroatoms. The van der Waals surface area contributed by atoms with Gasteiger partial charge in [0.2, 0.25) is 0 Å². The molecule has 17 heavy (non-hydrogen) atoms. The molecule has 1 aromatic rings. The largest absolute Gasteiger partial charge is 0.479 e. The van der Waals surface area contributed by atoms with Crippen molar-refractivity contribution in [3.8, 4) is 0 Å². The minimum atomic E-state index is -1.06. The molecule has 2 N–H and O–H groups in total. The highest BCUT2D eigenvalue weighted by Crippen LogP contribution is 2.24. The van der Waals surface area contributed by atoms with Crippen molar-refractivity contribution in [1.82, 2.24) is 9.97 Å². The van der Waals surface area contributed by atoms with Gasteiger partial charge >= 0.3 is 5.97 Å². The van der Waals surface area contributed by atoms with Crippen LogP contribution < -0.4 is 5.32 Å². The standard InChI is InChI=1S/C11H15N3O3/c1-7-5-9(13-8(2)12-7)14-11(10(15)16)3-4-17-6-11/h5H,3-4,6H2,1-2H3,(H,15,16)(H,12,13,14). The van der Waals surface area contributed by atoms with Gasteiger partial charge in [0, 0.05) is 24.8 Å². The van der Waals surface area contributed by atoms with Crippen molar-refractivity contribution in [2.45, 2.75) is 25.8 Å². The van der Waals surface area contributed by atoms with Crippen molar-refractivity contribution >= 4 is 11.8 Å². The van der Waals surface area contributed by atoms with E-state index >= 15 is 0 Å². The van der Waals surface area contributed by atoms with Gasteiger partial charge in [-0.3, -0.25) is 0 Å². The van der Waals surface area contributed by atoms with E-state index in [1.54, 1.807) is 13.0 Å². The number of carboxylic acid groups (broad SMARTS) is 1. The molecular formula is C11H15N3O3. The van der Waals surface area contributed by atoms with E-state index in [1.807, 2.05) is 6.92 Å². The Morgan fingerprint density at radius 3 is 2.82 bits per heavy atom. The molecule has 2 heterocycles. The number of hydrogen-bond acceptors (Lipinski definition) is 5. The van der Waals surface area contributed by atoms with Crippen LogP contribution in [0.1, 0.15) is 17.9 Å². The number of aryl methyl sites for hydroxylation is 2. The quantitative estimate of drug-likeness (QED) is 0.807. The van der Waals surface area contributed by atoms with E-state index in [0.29, 0.717) is 24.7 Å². The average molecular weight is 237 g/mol. The van der Waals surface area contributed by atoms with Crippen molar-refractivity contribution in [1.29, 1.82) is 0 Å². The number of nitrogens with one attached hydrogen (secondary N) is 1. The second-order valence-corrected chi connectivity index (χ2v) is 4.26. The van der Waals surface area contributed by atoms with Gasteiger partial charge in [-0.05, 0) is 13.8 Å². The summed E-state index contributed by atoms with van der Waals surface area (Å²) in [6.07, 6.45) is 0.435. The van der Waals surface area contributed by atoms with Crippen LogP contribution in [0.2, 0.25) is 0 Å². The van der Waals surface area contributed by atoms with E-state index in [1.165, 1.54) is 0 Å². The summed E-state index contributed by atoms with van der Waals surface area (Å²) in [5, 5.41) is 12.2. The molecule has 1 atom stereocenters. The lowest BCUT2D eigenvalue weighted by atomic mass is 9.99. The summed E-state index contributed by atoms with van der Waals surface area (Å²) in [5.41, 5.74) is -0.257. The van der Waals surface area contributed by atoms with Crippen LogP contribution in [0, 0.1) is 13.8 Å². The third-order valence-corrected chi connectivity index (χ3v) is 2.76.